The van der Waals surface area contributed by atoms with Gasteiger partial charge in [0, 0.05) is 48.3 Å². The molecule has 0 saturated carbocycles. The number of aryl methyl sites for hydroxylation is 1. The number of carbonyl (C=O) groups is 1. The summed E-state index contributed by atoms with van der Waals surface area (Å²) in [5, 5.41) is 7.31. The molecular weight excluding hydrogens is 250 g/mol. The lowest BCUT2D eigenvalue weighted by atomic mass is 10.1. The molecule has 1 amide bonds. The van der Waals surface area contributed by atoms with Crippen molar-refractivity contribution in [1.82, 2.24) is 15.2 Å². The Hall–Kier alpha value is -1.81. The van der Waals surface area contributed by atoms with Gasteiger partial charge in [-0.25, -0.2) is 0 Å². The van der Waals surface area contributed by atoms with Crippen molar-refractivity contribution in [2.24, 2.45) is 7.05 Å². The first-order chi connectivity index (χ1) is 9.38. The highest BCUT2D eigenvalue weighted by molar-refractivity contribution is 6.06. The van der Waals surface area contributed by atoms with Crippen molar-refractivity contribution >= 4 is 16.8 Å². The summed E-state index contributed by atoms with van der Waals surface area (Å²) in [4.78, 5) is 12.2. The summed E-state index contributed by atoms with van der Waals surface area (Å²) < 4.78 is 2.02. The molecule has 0 aliphatic carbocycles. The second-order valence-corrected chi connectivity index (χ2v) is 6.10. The van der Waals surface area contributed by atoms with E-state index in [0.717, 1.165) is 23.0 Å². The van der Waals surface area contributed by atoms with Gasteiger partial charge in [-0.3, -0.25) is 4.79 Å². The smallest absolute Gasteiger partial charge is 0.252 e. The van der Waals surface area contributed by atoms with E-state index < -0.39 is 0 Å². The van der Waals surface area contributed by atoms with E-state index in [1.165, 1.54) is 0 Å². The van der Waals surface area contributed by atoms with Crippen LogP contribution < -0.4 is 10.6 Å². The Kier molecular flexibility index (Phi) is 4.14. The van der Waals surface area contributed by atoms with Crippen molar-refractivity contribution in [2.75, 3.05) is 13.1 Å². The summed E-state index contributed by atoms with van der Waals surface area (Å²) in [6.45, 7) is 7.72. The fourth-order valence-electron chi connectivity index (χ4n) is 2.21. The Morgan fingerprint density at radius 2 is 1.95 bits per heavy atom. The number of hydrogen-bond donors (Lipinski definition) is 2. The van der Waals surface area contributed by atoms with E-state index >= 15 is 0 Å². The number of rotatable bonds is 4. The van der Waals surface area contributed by atoms with Gasteiger partial charge in [-0.1, -0.05) is 6.07 Å². The average Bonchev–Trinajstić information content (AvgIpc) is 2.75. The van der Waals surface area contributed by atoms with Crippen molar-refractivity contribution in [3.05, 3.63) is 36.0 Å². The zero-order valence-electron chi connectivity index (χ0n) is 12.7. The summed E-state index contributed by atoms with van der Waals surface area (Å²) in [7, 11) is 1.98. The maximum atomic E-state index is 12.2. The van der Waals surface area contributed by atoms with E-state index in [4.69, 9.17) is 0 Å². The first-order valence-electron chi connectivity index (χ1n) is 6.96. The van der Waals surface area contributed by atoms with Gasteiger partial charge in [0.05, 0.1) is 0 Å². The molecule has 1 aromatic heterocycles. The van der Waals surface area contributed by atoms with Gasteiger partial charge in [0.25, 0.3) is 5.91 Å². The Morgan fingerprint density at radius 1 is 1.20 bits per heavy atom. The van der Waals surface area contributed by atoms with E-state index in [0.29, 0.717) is 6.54 Å². The fourth-order valence-corrected chi connectivity index (χ4v) is 2.21. The normalized spacial score (nSPS) is 11.8. The standard InChI is InChI=1S/C16H23N3O/c1-16(2,3)18-10-9-17-15(20)13-6-5-7-14-12(13)8-11-19(14)4/h5-8,11,18H,9-10H2,1-4H3,(H,17,20). The summed E-state index contributed by atoms with van der Waals surface area (Å²) in [6, 6.07) is 7.80. The minimum Gasteiger partial charge on any atom is -0.351 e. The summed E-state index contributed by atoms with van der Waals surface area (Å²) in [5.41, 5.74) is 1.88. The number of aromatic nitrogens is 1. The van der Waals surface area contributed by atoms with Crippen LogP contribution in [0, 0.1) is 0 Å². The largest absolute Gasteiger partial charge is 0.351 e. The maximum absolute atomic E-state index is 12.2. The maximum Gasteiger partial charge on any atom is 0.252 e. The molecule has 2 aromatic rings. The Labute approximate surface area is 120 Å². The van der Waals surface area contributed by atoms with Gasteiger partial charge in [0.15, 0.2) is 0 Å². The highest BCUT2D eigenvalue weighted by atomic mass is 16.1. The van der Waals surface area contributed by atoms with Crippen LogP contribution in [0.15, 0.2) is 30.5 Å². The molecule has 20 heavy (non-hydrogen) atoms. The SMILES string of the molecule is Cn1ccc2c(C(=O)NCCNC(C)(C)C)cccc21. The van der Waals surface area contributed by atoms with Crippen molar-refractivity contribution in [2.45, 2.75) is 26.3 Å². The quantitative estimate of drug-likeness (QED) is 0.840. The summed E-state index contributed by atoms with van der Waals surface area (Å²) in [5.74, 6) is -0.0162. The van der Waals surface area contributed by atoms with Crippen LogP contribution >= 0.6 is 0 Å². The van der Waals surface area contributed by atoms with E-state index in [2.05, 4.69) is 31.4 Å². The van der Waals surface area contributed by atoms with Crippen molar-refractivity contribution in [3.63, 3.8) is 0 Å². The lowest BCUT2D eigenvalue weighted by Gasteiger charge is -2.20. The monoisotopic (exact) mass is 273 g/mol. The minimum atomic E-state index is -0.0162. The van der Waals surface area contributed by atoms with Gasteiger partial charge in [0.2, 0.25) is 0 Å². The highest BCUT2D eigenvalue weighted by Gasteiger charge is 2.12. The van der Waals surface area contributed by atoms with E-state index in [9.17, 15) is 4.79 Å². The molecule has 0 fully saturated rings. The zero-order valence-corrected chi connectivity index (χ0v) is 12.7. The van der Waals surface area contributed by atoms with Gasteiger partial charge in [0.1, 0.15) is 0 Å². The molecule has 4 heteroatoms. The summed E-state index contributed by atoms with van der Waals surface area (Å²) >= 11 is 0. The predicted octanol–water partition coefficient (Wildman–Crippen LogP) is 2.30. The third kappa shape index (κ3) is 3.39. The zero-order chi connectivity index (χ0) is 14.8. The Morgan fingerprint density at radius 3 is 2.65 bits per heavy atom. The third-order valence-electron chi connectivity index (χ3n) is 3.24. The molecule has 0 radical (unpaired) electrons. The van der Waals surface area contributed by atoms with Crippen LogP contribution in [0.1, 0.15) is 31.1 Å². The number of carbonyl (C=O) groups excluding carboxylic acids is 1. The van der Waals surface area contributed by atoms with Gasteiger partial charge >= 0.3 is 0 Å². The lowest BCUT2D eigenvalue weighted by Crippen LogP contribution is -2.41. The molecule has 0 unspecified atom stereocenters. The van der Waals surface area contributed by atoms with Crippen LogP contribution in [0.3, 0.4) is 0 Å². The molecule has 0 atom stereocenters. The molecule has 1 heterocycles. The van der Waals surface area contributed by atoms with Crippen molar-refractivity contribution < 1.29 is 4.79 Å². The van der Waals surface area contributed by atoms with Crippen molar-refractivity contribution in [1.29, 1.82) is 0 Å². The predicted molar refractivity (Wildman–Crippen MR) is 83.0 cm³/mol. The first kappa shape index (κ1) is 14.6. The van der Waals surface area contributed by atoms with E-state index in [-0.39, 0.29) is 11.4 Å². The fraction of sp³-hybridized carbons (Fsp3) is 0.438. The number of nitrogens with zero attached hydrogens (tertiary/aromatic N) is 1. The van der Waals surface area contributed by atoms with Gasteiger partial charge in [-0.2, -0.15) is 0 Å². The van der Waals surface area contributed by atoms with Crippen LogP contribution in [-0.4, -0.2) is 29.1 Å². The number of amides is 1. The molecule has 108 valence electrons. The molecule has 2 rings (SSSR count). The second kappa shape index (κ2) is 5.67. The summed E-state index contributed by atoms with van der Waals surface area (Å²) in [6.07, 6.45) is 1.97. The van der Waals surface area contributed by atoms with Gasteiger partial charge in [-0.05, 0) is 39.0 Å². The van der Waals surface area contributed by atoms with Crippen LogP contribution in [-0.2, 0) is 7.05 Å². The lowest BCUT2D eigenvalue weighted by molar-refractivity contribution is 0.0954. The van der Waals surface area contributed by atoms with Crippen LogP contribution in [0.5, 0.6) is 0 Å². The molecule has 0 saturated heterocycles. The molecule has 2 N–H and O–H groups in total. The highest BCUT2D eigenvalue weighted by Crippen LogP contribution is 2.19. The van der Waals surface area contributed by atoms with Crippen LogP contribution in [0.25, 0.3) is 10.9 Å². The van der Waals surface area contributed by atoms with Gasteiger partial charge < -0.3 is 15.2 Å². The number of fused-ring (bicyclic) bond motifs is 1. The van der Waals surface area contributed by atoms with Crippen molar-refractivity contribution in [3.8, 4) is 0 Å². The first-order valence-corrected chi connectivity index (χ1v) is 6.96. The van der Waals surface area contributed by atoms with Gasteiger partial charge in [-0.15, -0.1) is 0 Å². The second-order valence-electron chi connectivity index (χ2n) is 6.10. The van der Waals surface area contributed by atoms with E-state index in [1.807, 2.05) is 42.1 Å². The molecule has 0 bridgehead atoms. The number of hydrogen-bond acceptors (Lipinski definition) is 2. The molecule has 0 aliphatic heterocycles. The molecular formula is C16H23N3O. The molecule has 0 spiro atoms. The molecule has 0 aliphatic rings. The average molecular weight is 273 g/mol. The Bertz CT molecular complexity index is 608. The van der Waals surface area contributed by atoms with Crippen LogP contribution in [0.2, 0.25) is 0 Å². The van der Waals surface area contributed by atoms with E-state index in [1.54, 1.807) is 0 Å². The molecule has 4 nitrogen and oxygen atoms in total. The minimum absolute atomic E-state index is 0.0162. The molecule has 1 aromatic carbocycles. The van der Waals surface area contributed by atoms with Crippen LogP contribution in [0.4, 0.5) is 0 Å². The number of benzene rings is 1. The number of nitrogens with one attached hydrogen (secondary N) is 2. The Balaban J connectivity index is 2.01. The third-order valence-corrected chi connectivity index (χ3v) is 3.24. The topological polar surface area (TPSA) is 46.1 Å².